The van der Waals surface area contributed by atoms with E-state index in [0.29, 0.717) is 38.3 Å². The lowest BCUT2D eigenvalue weighted by atomic mass is 9.88. The van der Waals surface area contributed by atoms with Crippen molar-refractivity contribution in [3.8, 4) is 5.69 Å². The van der Waals surface area contributed by atoms with Gasteiger partial charge in [0, 0.05) is 57.5 Å². The Morgan fingerprint density at radius 2 is 1.67 bits per heavy atom. The average Bonchev–Trinajstić information content (AvgIpc) is 2.92. The van der Waals surface area contributed by atoms with Crippen LogP contribution >= 0.6 is 0 Å². The summed E-state index contributed by atoms with van der Waals surface area (Å²) in [6, 6.07) is 8.39. The highest BCUT2D eigenvalue weighted by Gasteiger charge is 2.31. The summed E-state index contributed by atoms with van der Waals surface area (Å²) in [7, 11) is 0. The van der Waals surface area contributed by atoms with E-state index in [1.54, 1.807) is 35.9 Å². The van der Waals surface area contributed by atoms with Crippen LogP contribution in [0.1, 0.15) is 50.7 Å². The van der Waals surface area contributed by atoms with E-state index in [0.717, 1.165) is 38.0 Å². The number of nitrogens with two attached hydrogens (primary N) is 2. The van der Waals surface area contributed by atoms with Crippen LogP contribution in [-0.4, -0.2) is 86.5 Å². The molecular formula is C28H40N8O3. The van der Waals surface area contributed by atoms with E-state index < -0.39 is 11.2 Å². The molecule has 0 bridgehead atoms. The largest absolute Gasteiger partial charge is 0.354 e. The summed E-state index contributed by atoms with van der Waals surface area (Å²) in [5, 5.41) is 2.72. The molecule has 3 amide bonds. The van der Waals surface area contributed by atoms with Gasteiger partial charge in [-0.3, -0.25) is 19.6 Å². The number of piperazine rings is 1. The fourth-order valence-electron chi connectivity index (χ4n) is 5.87. The number of anilines is 1. The molecule has 210 valence electrons. The zero-order valence-electron chi connectivity index (χ0n) is 22.9. The molecule has 39 heavy (non-hydrogen) atoms. The van der Waals surface area contributed by atoms with Crippen LogP contribution < -0.4 is 22.5 Å². The number of hydrogen-bond donors (Lipinski definition) is 3. The minimum Gasteiger partial charge on any atom is -0.338 e. The van der Waals surface area contributed by atoms with Crippen LogP contribution in [0.25, 0.3) is 5.69 Å². The first-order valence-electron chi connectivity index (χ1n) is 13.9. The van der Waals surface area contributed by atoms with Gasteiger partial charge < -0.3 is 21.3 Å². The lowest BCUT2D eigenvalue weighted by Gasteiger charge is -2.39. The fraction of sp³-hybridized carbons (Fsp3) is 0.571. The number of carbonyl (C=O) groups is 2. The van der Waals surface area contributed by atoms with Gasteiger partial charge in [0.2, 0.25) is 5.91 Å². The molecule has 1 aromatic heterocycles. The number of amides is 3. The maximum Gasteiger partial charge on any atom is 0.354 e. The predicted octanol–water partition coefficient (Wildman–Crippen LogP) is 1.27. The second kappa shape index (κ2) is 11.1. The fourth-order valence-corrected chi connectivity index (χ4v) is 5.87. The summed E-state index contributed by atoms with van der Waals surface area (Å²) >= 11 is 0. The van der Waals surface area contributed by atoms with Crippen molar-refractivity contribution < 1.29 is 9.59 Å². The molecule has 0 radical (unpaired) electrons. The van der Waals surface area contributed by atoms with Gasteiger partial charge in [0.25, 0.3) is 0 Å². The molecular weight excluding hydrogens is 496 g/mol. The third kappa shape index (κ3) is 6.15. The van der Waals surface area contributed by atoms with Crippen LogP contribution in [0.3, 0.4) is 0 Å². The van der Waals surface area contributed by atoms with Gasteiger partial charge in [-0.1, -0.05) is 6.07 Å². The second-order valence-corrected chi connectivity index (χ2v) is 11.6. The van der Waals surface area contributed by atoms with Crippen LogP contribution in [0.5, 0.6) is 0 Å². The highest BCUT2D eigenvalue weighted by atomic mass is 16.2. The predicted molar refractivity (Wildman–Crippen MR) is 150 cm³/mol. The van der Waals surface area contributed by atoms with Gasteiger partial charge in [0.1, 0.15) is 5.82 Å². The van der Waals surface area contributed by atoms with Crippen molar-refractivity contribution in [3.05, 3.63) is 52.1 Å². The third-order valence-electron chi connectivity index (χ3n) is 8.21. The van der Waals surface area contributed by atoms with Gasteiger partial charge in [-0.2, -0.15) is 4.98 Å². The number of urea groups is 1. The molecule has 0 unspecified atom stereocenters. The number of rotatable bonds is 4. The lowest BCUT2D eigenvalue weighted by Crippen LogP contribution is -2.58. The van der Waals surface area contributed by atoms with E-state index in [9.17, 15) is 14.4 Å². The number of benzene rings is 1. The highest BCUT2D eigenvalue weighted by molar-refractivity contribution is 5.89. The minimum atomic E-state index is -0.944. The van der Waals surface area contributed by atoms with E-state index in [1.165, 1.54) is 28.5 Å². The summed E-state index contributed by atoms with van der Waals surface area (Å²) in [6.07, 6.45) is 7.13. The van der Waals surface area contributed by atoms with Crippen molar-refractivity contribution in [3.63, 3.8) is 0 Å². The van der Waals surface area contributed by atoms with Gasteiger partial charge >= 0.3 is 11.7 Å². The lowest BCUT2D eigenvalue weighted by molar-refractivity contribution is -0.137. The van der Waals surface area contributed by atoms with Crippen LogP contribution in [0, 0.1) is 0 Å². The van der Waals surface area contributed by atoms with Crippen LogP contribution in [0.2, 0.25) is 0 Å². The smallest absolute Gasteiger partial charge is 0.338 e. The molecule has 0 atom stereocenters. The number of fused-ring (bicyclic) bond motifs is 1. The van der Waals surface area contributed by atoms with E-state index in [2.05, 4.69) is 27.3 Å². The van der Waals surface area contributed by atoms with Gasteiger partial charge in [-0.15, -0.1) is 0 Å². The average molecular weight is 537 g/mol. The number of carbonyl (C=O) groups excluding carboxylic acids is 2. The Hall–Kier alpha value is -3.28. The SMILES string of the molecule is CC(C)(N)C(=O)N1CCN(C(=O)Nc2ccn(-c3ccc4c(c3)CCN(C3CCC(N)CC3)C4)c(=O)n2)CC1. The molecule has 1 aliphatic carbocycles. The Morgan fingerprint density at radius 1 is 0.974 bits per heavy atom. The molecule has 2 aromatic rings. The van der Waals surface area contributed by atoms with E-state index in [-0.39, 0.29) is 17.8 Å². The second-order valence-electron chi connectivity index (χ2n) is 11.6. The summed E-state index contributed by atoms with van der Waals surface area (Å²) in [6.45, 7) is 6.88. The first-order chi connectivity index (χ1) is 18.6. The normalized spacial score (nSPS) is 22.4. The van der Waals surface area contributed by atoms with Crippen molar-refractivity contribution in [1.82, 2.24) is 24.3 Å². The molecule has 11 nitrogen and oxygen atoms in total. The van der Waals surface area contributed by atoms with Crippen LogP contribution in [0.15, 0.2) is 35.3 Å². The third-order valence-corrected chi connectivity index (χ3v) is 8.21. The number of aromatic nitrogens is 2. The summed E-state index contributed by atoms with van der Waals surface area (Å²) < 4.78 is 1.50. The quantitative estimate of drug-likeness (QED) is 0.534. The molecule has 5 N–H and O–H groups in total. The molecule has 2 fully saturated rings. The highest BCUT2D eigenvalue weighted by Crippen LogP contribution is 2.28. The summed E-state index contributed by atoms with van der Waals surface area (Å²) in [5.74, 6) is 0.0606. The van der Waals surface area contributed by atoms with Crippen molar-refractivity contribution in [1.29, 1.82) is 0 Å². The van der Waals surface area contributed by atoms with Gasteiger partial charge in [-0.05, 0) is 75.3 Å². The number of nitrogens with zero attached hydrogens (tertiary/aromatic N) is 5. The van der Waals surface area contributed by atoms with Gasteiger partial charge in [-0.25, -0.2) is 9.59 Å². The molecule has 1 saturated heterocycles. The summed E-state index contributed by atoms with van der Waals surface area (Å²) in [4.78, 5) is 48.0. The van der Waals surface area contributed by atoms with Crippen LogP contribution in [0.4, 0.5) is 10.6 Å². The number of nitrogens with one attached hydrogen (secondary N) is 1. The monoisotopic (exact) mass is 536 g/mol. The van der Waals surface area contributed by atoms with E-state index in [4.69, 9.17) is 11.5 Å². The summed E-state index contributed by atoms with van der Waals surface area (Å²) in [5.41, 5.74) is 13.9. The molecule has 11 heteroatoms. The van der Waals surface area contributed by atoms with Gasteiger partial charge in [0.15, 0.2) is 0 Å². The Balaban J connectivity index is 1.19. The van der Waals surface area contributed by atoms with E-state index >= 15 is 0 Å². The minimum absolute atomic E-state index is 0.137. The maximum absolute atomic E-state index is 12.9. The Labute approximate surface area is 229 Å². The van der Waals surface area contributed by atoms with Crippen LogP contribution in [-0.2, 0) is 17.8 Å². The molecule has 0 spiro atoms. The standard InChI is InChI=1S/C28H40N8O3/c1-28(2,30)25(37)33-13-15-34(16-14-33)26(38)31-24-10-12-36(27(39)32-24)23-6-3-20-18-35(11-9-19(20)17-23)22-7-4-21(29)5-8-22/h3,6,10,12,17,21-22H,4-5,7-9,11,13-16,18,29-30H2,1-2H3,(H,31,32,38,39). The molecule has 3 aliphatic rings. The van der Waals surface area contributed by atoms with Crippen molar-refractivity contribution in [2.45, 2.75) is 70.1 Å². The zero-order valence-corrected chi connectivity index (χ0v) is 22.9. The number of hydrogen-bond acceptors (Lipinski definition) is 7. The Morgan fingerprint density at radius 3 is 2.33 bits per heavy atom. The Bertz CT molecular complexity index is 1270. The maximum atomic E-state index is 12.9. The molecule has 5 rings (SSSR count). The first-order valence-corrected chi connectivity index (χ1v) is 13.9. The topological polar surface area (TPSA) is 143 Å². The molecule has 1 aromatic carbocycles. The molecule has 3 heterocycles. The molecule has 1 saturated carbocycles. The van der Waals surface area contributed by atoms with Crippen molar-refractivity contribution in [2.75, 3.05) is 38.0 Å². The molecule has 2 aliphatic heterocycles. The Kier molecular flexibility index (Phi) is 7.75. The van der Waals surface area contributed by atoms with Crippen molar-refractivity contribution >= 4 is 17.8 Å². The van der Waals surface area contributed by atoms with E-state index in [1.807, 2.05) is 6.07 Å². The zero-order chi connectivity index (χ0) is 27.7. The first kappa shape index (κ1) is 27.3. The van der Waals surface area contributed by atoms with Gasteiger partial charge in [0.05, 0.1) is 11.2 Å². The van der Waals surface area contributed by atoms with Crippen molar-refractivity contribution in [2.24, 2.45) is 11.5 Å².